The maximum absolute atomic E-state index is 12.4. The Balaban J connectivity index is 1.28. The minimum atomic E-state index is 0.275. The average molecular weight is 377 g/mol. The second kappa shape index (κ2) is 10.5. The highest BCUT2D eigenvalue weighted by molar-refractivity contribution is 7.10. The highest BCUT2D eigenvalue weighted by Gasteiger charge is 2.26. The van der Waals surface area contributed by atoms with Crippen molar-refractivity contribution in [2.24, 2.45) is 11.8 Å². The van der Waals surface area contributed by atoms with Crippen molar-refractivity contribution in [2.75, 3.05) is 26.2 Å². The van der Waals surface area contributed by atoms with E-state index in [9.17, 15) is 4.79 Å². The summed E-state index contributed by atoms with van der Waals surface area (Å²) in [5.74, 6) is 2.22. The first kappa shape index (κ1) is 19.9. The van der Waals surface area contributed by atoms with Crippen LogP contribution in [0.2, 0.25) is 0 Å². The fourth-order valence-electron chi connectivity index (χ4n) is 4.65. The number of hydrogen-bond acceptors (Lipinski definition) is 3. The normalized spacial score (nSPS) is 25.3. The van der Waals surface area contributed by atoms with Gasteiger partial charge in [-0.15, -0.1) is 11.3 Å². The molecule has 0 radical (unpaired) electrons. The number of nitrogens with one attached hydrogen (secondary N) is 1. The van der Waals surface area contributed by atoms with E-state index in [0.29, 0.717) is 5.91 Å². The van der Waals surface area contributed by atoms with E-state index < -0.39 is 0 Å². The molecule has 4 heteroatoms. The number of amides is 1. The third-order valence-corrected chi connectivity index (χ3v) is 7.48. The summed E-state index contributed by atoms with van der Waals surface area (Å²) in [5, 5.41) is 5.41. The molecular weight excluding hydrogens is 340 g/mol. The minimum Gasteiger partial charge on any atom is -0.355 e. The van der Waals surface area contributed by atoms with Gasteiger partial charge in [0.15, 0.2) is 0 Å². The Morgan fingerprint density at radius 3 is 2.62 bits per heavy atom. The summed E-state index contributed by atoms with van der Waals surface area (Å²) in [4.78, 5) is 16.5. The highest BCUT2D eigenvalue weighted by Crippen LogP contribution is 2.32. The second-order valence-corrected chi connectivity index (χ2v) is 9.26. The number of hydrogen-bond donors (Lipinski definition) is 1. The molecule has 1 saturated heterocycles. The molecule has 0 unspecified atom stereocenters. The van der Waals surface area contributed by atoms with Gasteiger partial charge < -0.3 is 10.2 Å². The maximum atomic E-state index is 12.4. The predicted molar refractivity (Wildman–Crippen MR) is 111 cm³/mol. The molecule has 1 aliphatic heterocycles. The van der Waals surface area contributed by atoms with Gasteiger partial charge in [-0.25, -0.2) is 0 Å². The van der Waals surface area contributed by atoms with Gasteiger partial charge in [0.1, 0.15) is 0 Å². The number of piperidine rings is 1. The van der Waals surface area contributed by atoms with Crippen molar-refractivity contribution in [1.82, 2.24) is 10.2 Å². The van der Waals surface area contributed by atoms with Gasteiger partial charge in [-0.05, 0) is 74.9 Å². The molecular formula is C22H36N2OS. The molecule has 3 rings (SSSR count). The van der Waals surface area contributed by atoms with Crippen LogP contribution in [0.15, 0.2) is 17.5 Å². The SMILES string of the molecule is CCCCC1CCC(C(=O)NCCN2CCC(c3cccs3)CC2)CC1. The highest BCUT2D eigenvalue weighted by atomic mass is 32.1. The lowest BCUT2D eigenvalue weighted by Crippen LogP contribution is -2.41. The monoisotopic (exact) mass is 376 g/mol. The van der Waals surface area contributed by atoms with Crippen molar-refractivity contribution in [3.63, 3.8) is 0 Å². The van der Waals surface area contributed by atoms with E-state index in [1.165, 1.54) is 58.0 Å². The van der Waals surface area contributed by atoms with Crippen LogP contribution in [0, 0.1) is 11.8 Å². The molecule has 1 N–H and O–H groups in total. The van der Waals surface area contributed by atoms with Gasteiger partial charge in [-0.2, -0.15) is 0 Å². The molecule has 0 atom stereocenters. The van der Waals surface area contributed by atoms with Gasteiger partial charge in [0, 0.05) is 23.9 Å². The Morgan fingerprint density at radius 1 is 1.19 bits per heavy atom. The lowest BCUT2D eigenvalue weighted by atomic mass is 9.79. The van der Waals surface area contributed by atoms with Crippen LogP contribution in [0.4, 0.5) is 0 Å². The van der Waals surface area contributed by atoms with Crippen LogP contribution < -0.4 is 5.32 Å². The van der Waals surface area contributed by atoms with Gasteiger partial charge in [0.2, 0.25) is 5.91 Å². The third-order valence-electron chi connectivity index (χ3n) is 6.44. The molecule has 1 aromatic heterocycles. The van der Waals surface area contributed by atoms with Gasteiger partial charge in [-0.3, -0.25) is 4.79 Å². The van der Waals surface area contributed by atoms with Crippen molar-refractivity contribution < 1.29 is 4.79 Å². The Hall–Kier alpha value is -0.870. The van der Waals surface area contributed by atoms with E-state index in [4.69, 9.17) is 0 Å². The van der Waals surface area contributed by atoms with Crippen molar-refractivity contribution in [1.29, 1.82) is 0 Å². The minimum absolute atomic E-state index is 0.275. The lowest BCUT2D eigenvalue weighted by Gasteiger charge is -2.32. The topological polar surface area (TPSA) is 32.3 Å². The van der Waals surface area contributed by atoms with Crippen LogP contribution in [0.3, 0.4) is 0 Å². The molecule has 0 spiro atoms. The molecule has 2 aliphatic rings. The molecule has 26 heavy (non-hydrogen) atoms. The van der Waals surface area contributed by atoms with Crippen LogP contribution in [0.1, 0.15) is 75.5 Å². The summed E-state index contributed by atoms with van der Waals surface area (Å²) >= 11 is 1.90. The second-order valence-electron chi connectivity index (χ2n) is 8.28. The number of carbonyl (C=O) groups is 1. The fourth-order valence-corrected chi connectivity index (χ4v) is 5.55. The summed E-state index contributed by atoms with van der Waals surface area (Å²) in [5.41, 5.74) is 0. The number of likely N-dealkylation sites (tertiary alicyclic amines) is 1. The summed E-state index contributed by atoms with van der Waals surface area (Å²) in [6.07, 6.45) is 11.3. The number of thiophene rings is 1. The zero-order valence-corrected chi connectivity index (χ0v) is 17.2. The zero-order chi connectivity index (χ0) is 18.2. The van der Waals surface area contributed by atoms with Crippen molar-refractivity contribution in [3.8, 4) is 0 Å². The van der Waals surface area contributed by atoms with Crippen molar-refractivity contribution in [2.45, 2.75) is 70.6 Å². The number of rotatable bonds is 8. The van der Waals surface area contributed by atoms with Gasteiger partial charge >= 0.3 is 0 Å². The first-order chi connectivity index (χ1) is 12.8. The van der Waals surface area contributed by atoms with Gasteiger partial charge in [0.05, 0.1) is 0 Å². The molecule has 1 amide bonds. The standard InChI is InChI=1S/C22H36N2OS/c1-2-3-5-18-7-9-20(10-8-18)22(25)23-13-16-24-14-11-19(12-15-24)21-6-4-17-26-21/h4,6,17-20H,2-3,5,7-16H2,1H3,(H,23,25). The molecule has 146 valence electrons. The average Bonchev–Trinajstić information content (AvgIpc) is 3.22. The van der Waals surface area contributed by atoms with Crippen LogP contribution >= 0.6 is 11.3 Å². The number of unbranched alkanes of at least 4 members (excludes halogenated alkanes) is 1. The molecule has 3 nitrogen and oxygen atoms in total. The fraction of sp³-hybridized carbons (Fsp3) is 0.773. The Kier molecular flexibility index (Phi) is 8.00. The summed E-state index contributed by atoms with van der Waals surface area (Å²) in [6, 6.07) is 4.45. The third kappa shape index (κ3) is 5.82. The molecule has 2 heterocycles. The van der Waals surface area contributed by atoms with Crippen LogP contribution in [-0.4, -0.2) is 37.0 Å². The van der Waals surface area contributed by atoms with Crippen LogP contribution in [0.5, 0.6) is 0 Å². The predicted octanol–water partition coefficient (Wildman–Crippen LogP) is 5.04. The Bertz CT molecular complexity index is 514. The van der Waals surface area contributed by atoms with E-state index in [1.54, 1.807) is 4.88 Å². The number of carbonyl (C=O) groups excluding carboxylic acids is 1. The first-order valence-electron chi connectivity index (χ1n) is 10.8. The van der Waals surface area contributed by atoms with E-state index in [2.05, 4.69) is 34.7 Å². The van der Waals surface area contributed by atoms with E-state index in [1.807, 2.05) is 11.3 Å². The van der Waals surface area contributed by atoms with Gasteiger partial charge in [0.25, 0.3) is 0 Å². The summed E-state index contributed by atoms with van der Waals surface area (Å²) in [7, 11) is 0. The quantitative estimate of drug-likeness (QED) is 0.689. The zero-order valence-electron chi connectivity index (χ0n) is 16.4. The molecule has 0 aromatic carbocycles. The van der Waals surface area contributed by atoms with Crippen molar-refractivity contribution >= 4 is 17.2 Å². The van der Waals surface area contributed by atoms with E-state index in [-0.39, 0.29) is 5.92 Å². The molecule has 2 fully saturated rings. The largest absolute Gasteiger partial charge is 0.355 e. The maximum Gasteiger partial charge on any atom is 0.223 e. The van der Waals surface area contributed by atoms with Crippen LogP contribution in [0.25, 0.3) is 0 Å². The van der Waals surface area contributed by atoms with E-state index >= 15 is 0 Å². The summed E-state index contributed by atoms with van der Waals surface area (Å²) < 4.78 is 0. The van der Waals surface area contributed by atoms with E-state index in [0.717, 1.165) is 37.8 Å². The molecule has 1 aromatic rings. The lowest BCUT2D eigenvalue weighted by molar-refractivity contribution is -0.126. The van der Waals surface area contributed by atoms with Crippen molar-refractivity contribution in [3.05, 3.63) is 22.4 Å². The summed E-state index contributed by atoms with van der Waals surface area (Å²) in [6.45, 7) is 6.43. The Morgan fingerprint density at radius 2 is 1.96 bits per heavy atom. The molecule has 1 aliphatic carbocycles. The van der Waals surface area contributed by atoms with Crippen LogP contribution in [-0.2, 0) is 4.79 Å². The molecule has 1 saturated carbocycles. The smallest absolute Gasteiger partial charge is 0.223 e. The first-order valence-corrected chi connectivity index (χ1v) is 11.7. The van der Waals surface area contributed by atoms with Gasteiger partial charge in [-0.1, -0.05) is 32.3 Å². The molecule has 0 bridgehead atoms. The number of nitrogens with zero attached hydrogens (tertiary/aromatic N) is 1. The Labute approximate surface area is 163 Å².